The van der Waals surface area contributed by atoms with E-state index in [-0.39, 0.29) is 17.7 Å². The monoisotopic (exact) mass is 350 g/mol. The summed E-state index contributed by atoms with van der Waals surface area (Å²) in [6.45, 7) is 5.23. The minimum absolute atomic E-state index is 0.0194. The van der Waals surface area contributed by atoms with Crippen molar-refractivity contribution in [2.75, 3.05) is 31.6 Å². The Morgan fingerprint density at radius 3 is 2.77 bits per heavy atom. The quantitative estimate of drug-likeness (QED) is 0.843. The summed E-state index contributed by atoms with van der Waals surface area (Å²) in [5.41, 5.74) is 3.55. The van der Waals surface area contributed by atoms with Crippen LogP contribution in [0.2, 0.25) is 0 Å². The molecule has 136 valence electrons. The zero-order valence-electron chi connectivity index (χ0n) is 15.5. The minimum atomic E-state index is -0.0194. The molecular formula is C22H26N2O2. The average Bonchev–Trinajstić information content (AvgIpc) is 2.87. The van der Waals surface area contributed by atoms with E-state index in [0.717, 1.165) is 37.5 Å². The third kappa shape index (κ3) is 3.10. The Hall–Kier alpha value is -2.33. The van der Waals surface area contributed by atoms with Crippen LogP contribution in [0.15, 0.2) is 48.5 Å². The normalized spacial score (nSPS) is 22.0. The molecule has 0 saturated heterocycles. The van der Waals surface area contributed by atoms with E-state index in [9.17, 15) is 4.79 Å². The number of ether oxygens (including phenoxy) is 1. The van der Waals surface area contributed by atoms with E-state index in [1.165, 1.54) is 11.1 Å². The molecule has 0 radical (unpaired) electrons. The standard InChI is InChI=1S/C22H26N2O2/c1-16-19(15-23(2)14-17-8-4-3-5-9-17)18-10-6-11-20-21(18)24(22(16)25)12-7-13-26-20/h3-6,8-11,16,19H,7,12-15H2,1-2H3. The number of rotatable bonds is 4. The first-order chi connectivity index (χ1) is 12.6. The van der Waals surface area contributed by atoms with Crippen molar-refractivity contribution in [1.29, 1.82) is 0 Å². The maximum Gasteiger partial charge on any atom is 0.230 e. The van der Waals surface area contributed by atoms with Crippen molar-refractivity contribution in [3.8, 4) is 5.75 Å². The Morgan fingerprint density at radius 1 is 1.15 bits per heavy atom. The molecule has 0 spiro atoms. The number of para-hydroxylation sites is 1. The summed E-state index contributed by atoms with van der Waals surface area (Å²) in [6.07, 6.45) is 0.880. The molecule has 2 aromatic carbocycles. The van der Waals surface area contributed by atoms with Crippen LogP contribution in [0, 0.1) is 5.92 Å². The number of likely N-dealkylation sites (N-methyl/N-ethyl adjacent to an activating group) is 1. The number of hydrogen-bond acceptors (Lipinski definition) is 3. The molecule has 2 unspecified atom stereocenters. The van der Waals surface area contributed by atoms with Gasteiger partial charge >= 0.3 is 0 Å². The topological polar surface area (TPSA) is 32.8 Å². The molecule has 2 aliphatic heterocycles. The zero-order valence-corrected chi connectivity index (χ0v) is 15.5. The van der Waals surface area contributed by atoms with E-state index >= 15 is 0 Å². The van der Waals surface area contributed by atoms with Crippen molar-refractivity contribution < 1.29 is 9.53 Å². The fourth-order valence-electron chi connectivity index (χ4n) is 4.22. The van der Waals surface area contributed by atoms with Crippen LogP contribution < -0.4 is 9.64 Å². The second kappa shape index (κ2) is 7.12. The van der Waals surface area contributed by atoms with Crippen molar-refractivity contribution in [2.24, 2.45) is 5.92 Å². The lowest BCUT2D eigenvalue weighted by Gasteiger charge is -2.39. The molecular weight excluding hydrogens is 324 g/mol. The van der Waals surface area contributed by atoms with Gasteiger partial charge in [0.2, 0.25) is 5.91 Å². The van der Waals surface area contributed by atoms with Gasteiger partial charge in [-0.1, -0.05) is 49.4 Å². The highest BCUT2D eigenvalue weighted by Gasteiger charge is 2.40. The zero-order chi connectivity index (χ0) is 18.1. The molecule has 2 atom stereocenters. The maximum absolute atomic E-state index is 13.1. The first-order valence-electron chi connectivity index (χ1n) is 9.44. The second-order valence-electron chi connectivity index (χ2n) is 7.46. The van der Waals surface area contributed by atoms with Crippen LogP contribution >= 0.6 is 0 Å². The highest BCUT2D eigenvalue weighted by molar-refractivity contribution is 6.00. The molecule has 2 aromatic rings. The Kier molecular flexibility index (Phi) is 4.68. The number of benzene rings is 2. The Labute approximate surface area is 155 Å². The lowest BCUT2D eigenvalue weighted by atomic mass is 9.81. The van der Waals surface area contributed by atoms with E-state index < -0.39 is 0 Å². The Balaban J connectivity index is 1.63. The van der Waals surface area contributed by atoms with Gasteiger partial charge in [0.25, 0.3) is 0 Å². The number of nitrogens with zero attached hydrogens (tertiary/aromatic N) is 2. The van der Waals surface area contributed by atoms with E-state index in [1.54, 1.807) is 0 Å². The smallest absolute Gasteiger partial charge is 0.230 e. The third-order valence-electron chi connectivity index (χ3n) is 5.55. The molecule has 0 aromatic heterocycles. The van der Waals surface area contributed by atoms with E-state index in [1.807, 2.05) is 17.0 Å². The van der Waals surface area contributed by atoms with Crippen molar-refractivity contribution in [2.45, 2.75) is 25.8 Å². The van der Waals surface area contributed by atoms with Gasteiger partial charge in [-0.15, -0.1) is 0 Å². The molecule has 4 heteroatoms. The van der Waals surface area contributed by atoms with Gasteiger partial charge < -0.3 is 14.5 Å². The summed E-state index contributed by atoms with van der Waals surface area (Å²) in [4.78, 5) is 17.3. The molecule has 4 rings (SSSR count). The predicted octanol–water partition coefficient (Wildman–Crippen LogP) is 3.67. The fraction of sp³-hybridized carbons (Fsp3) is 0.409. The average molecular weight is 350 g/mol. The van der Waals surface area contributed by atoms with E-state index in [2.05, 4.69) is 55.3 Å². The SMILES string of the molecule is CC1C(=O)N2CCCOc3cccc(c32)C1CN(C)Cc1ccccc1. The first-order valence-corrected chi connectivity index (χ1v) is 9.44. The van der Waals surface area contributed by atoms with Crippen LogP contribution in [0.25, 0.3) is 0 Å². The maximum atomic E-state index is 13.1. The number of carbonyl (C=O) groups is 1. The lowest BCUT2D eigenvalue weighted by Crippen LogP contribution is -2.45. The second-order valence-corrected chi connectivity index (χ2v) is 7.46. The van der Waals surface area contributed by atoms with Gasteiger partial charge in [0.05, 0.1) is 12.3 Å². The van der Waals surface area contributed by atoms with Crippen LogP contribution in [0.4, 0.5) is 5.69 Å². The summed E-state index contributed by atoms with van der Waals surface area (Å²) in [7, 11) is 2.13. The highest BCUT2D eigenvalue weighted by Crippen LogP contribution is 2.45. The lowest BCUT2D eigenvalue weighted by molar-refractivity contribution is -0.123. The van der Waals surface area contributed by atoms with Crippen molar-refractivity contribution in [3.63, 3.8) is 0 Å². The Bertz CT molecular complexity index is 790. The molecule has 0 bridgehead atoms. The Morgan fingerprint density at radius 2 is 1.96 bits per heavy atom. The number of amides is 1. The molecule has 0 fully saturated rings. The van der Waals surface area contributed by atoms with Gasteiger partial charge in [-0.25, -0.2) is 0 Å². The third-order valence-corrected chi connectivity index (χ3v) is 5.55. The van der Waals surface area contributed by atoms with Crippen LogP contribution in [0.5, 0.6) is 5.75 Å². The first kappa shape index (κ1) is 17.1. The van der Waals surface area contributed by atoms with Gasteiger partial charge in [0, 0.05) is 31.5 Å². The van der Waals surface area contributed by atoms with Crippen molar-refractivity contribution in [1.82, 2.24) is 4.90 Å². The predicted molar refractivity (Wildman–Crippen MR) is 104 cm³/mol. The van der Waals surface area contributed by atoms with Crippen molar-refractivity contribution >= 4 is 11.6 Å². The van der Waals surface area contributed by atoms with E-state index in [0.29, 0.717) is 6.61 Å². The van der Waals surface area contributed by atoms with Crippen LogP contribution in [-0.4, -0.2) is 37.6 Å². The molecule has 2 heterocycles. The van der Waals surface area contributed by atoms with Crippen LogP contribution in [-0.2, 0) is 11.3 Å². The van der Waals surface area contributed by atoms with Gasteiger partial charge in [0.15, 0.2) is 0 Å². The molecule has 2 aliphatic rings. The van der Waals surface area contributed by atoms with Gasteiger partial charge in [-0.05, 0) is 30.7 Å². The number of anilines is 1. The summed E-state index contributed by atoms with van der Waals surface area (Å²) >= 11 is 0. The number of hydrogen-bond donors (Lipinski definition) is 0. The summed E-state index contributed by atoms with van der Waals surface area (Å²) in [6, 6.07) is 16.7. The van der Waals surface area contributed by atoms with Gasteiger partial charge in [-0.2, -0.15) is 0 Å². The summed E-state index contributed by atoms with van der Waals surface area (Å²) in [5, 5.41) is 0. The molecule has 0 saturated carbocycles. The van der Waals surface area contributed by atoms with Gasteiger partial charge in [-0.3, -0.25) is 4.79 Å². The molecule has 1 amide bonds. The summed E-state index contributed by atoms with van der Waals surface area (Å²) < 4.78 is 5.92. The molecule has 26 heavy (non-hydrogen) atoms. The summed E-state index contributed by atoms with van der Waals surface area (Å²) in [5.74, 6) is 1.25. The van der Waals surface area contributed by atoms with Crippen LogP contribution in [0.1, 0.15) is 30.4 Å². The molecule has 0 aliphatic carbocycles. The fourth-order valence-corrected chi connectivity index (χ4v) is 4.22. The van der Waals surface area contributed by atoms with Gasteiger partial charge in [0.1, 0.15) is 5.75 Å². The minimum Gasteiger partial charge on any atom is -0.491 e. The van der Waals surface area contributed by atoms with Crippen LogP contribution in [0.3, 0.4) is 0 Å². The molecule has 4 nitrogen and oxygen atoms in total. The van der Waals surface area contributed by atoms with E-state index in [4.69, 9.17) is 4.74 Å². The highest BCUT2D eigenvalue weighted by atomic mass is 16.5. The largest absolute Gasteiger partial charge is 0.491 e. The molecule has 0 N–H and O–H groups in total. The van der Waals surface area contributed by atoms with Crippen molar-refractivity contribution in [3.05, 3.63) is 59.7 Å². The number of carbonyl (C=O) groups excluding carboxylic acids is 1.